The van der Waals surface area contributed by atoms with Crippen LogP contribution in [-0.2, 0) is 16.4 Å². The summed E-state index contributed by atoms with van der Waals surface area (Å²) in [6, 6.07) is 3.83. The van der Waals surface area contributed by atoms with Crippen molar-refractivity contribution in [3.05, 3.63) is 24.2 Å². The molecule has 1 unspecified atom stereocenters. The average molecular weight is 498 g/mol. The Bertz CT molecular complexity index is 634. The quantitative estimate of drug-likeness (QED) is 0.236. The van der Waals surface area contributed by atoms with E-state index in [0.717, 1.165) is 37.5 Å². The first-order valence-electron chi connectivity index (χ1n) is 9.11. The van der Waals surface area contributed by atoms with Crippen LogP contribution in [-0.4, -0.2) is 57.3 Å². The molecule has 0 amide bonds. The second kappa shape index (κ2) is 11.8. The number of likely N-dealkylation sites (tertiary alicyclic amines) is 1. The predicted octanol–water partition coefficient (Wildman–Crippen LogP) is 2.20. The molecular weight excluding hydrogens is 467 g/mol. The Hall–Kier alpha value is -0.810. The minimum atomic E-state index is -3.25. The van der Waals surface area contributed by atoms with E-state index < -0.39 is 10.0 Å². The second-order valence-electron chi connectivity index (χ2n) is 6.21. The zero-order valence-corrected chi connectivity index (χ0v) is 18.8. The Kier molecular flexibility index (Phi) is 10.6. The van der Waals surface area contributed by atoms with E-state index in [0.29, 0.717) is 32.6 Å². The number of guanidine groups is 1. The van der Waals surface area contributed by atoms with Crippen LogP contribution in [0.3, 0.4) is 0 Å². The van der Waals surface area contributed by atoms with E-state index in [-0.39, 0.29) is 29.2 Å². The topological polar surface area (TPSA) is 86.9 Å². The Labute approximate surface area is 174 Å². The van der Waals surface area contributed by atoms with Crippen molar-refractivity contribution < 1.29 is 12.8 Å². The van der Waals surface area contributed by atoms with Gasteiger partial charge in [-0.3, -0.25) is 4.99 Å². The highest BCUT2D eigenvalue weighted by Gasteiger charge is 2.33. The molecule has 0 aromatic carbocycles. The first kappa shape index (κ1) is 23.2. The maximum absolute atomic E-state index is 12.2. The molecule has 0 aliphatic carbocycles. The molecule has 2 heterocycles. The fourth-order valence-corrected chi connectivity index (χ4v) is 4.29. The van der Waals surface area contributed by atoms with Gasteiger partial charge in [-0.15, -0.1) is 24.0 Å². The van der Waals surface area contributed by atoms with E-state index in [1.807, 2.05) is 12.1 Å². The van der Waals surface area contributed by atoms with Crippen molar-refractivity contribution in [2.45, 2.75) is 44.8 Å². The highest BCUT2D eigenvalue weighted by molar-refractivity contribution is 14.0. The minimum Gasteiger partial charge on any atom is -0.469 e. The van der Waals surface area contributed by atoms with Gasteiger partial charge >= 0.3 is 0 Å². The van der Waals surface area contributed by atoms with Crippen LogP contribution in [0.2, 0.25) is 0 Å². The zero-order chi connectivity index (χ0) is 18.1. The maximum atomic E-state index is 12.2. The molecule has 0 saturated carbocycles. The highest BCUT2D eigenvalue weighted by Crippen LogP contribution is 2.16. The molecule has 1 aliphatic rings. The average Bonchev–Trinajstić information content (AvgIpc) is 3.25. The highest BCUT2D eigenvalue weighted by atomic mass is 127. The number of halogens is 1. The van der Waals surface area contributed by atoms with Gasteiger partial charge in [0.15, 0.2) is 5.96 Å². The van der Waals surface area contributed by atoms with Gasteiger partial charge in [-0.1, -0.05) is 20.3 Å². The molecular formula is C17H31IN4O3S. The van der Waals surface area contributed by atoms with Crippen molar-refractivity contribution in [3.8, 4) is 0 Å². The number of hydrogen-bond acceptors (Lipinski definition) is 4. The van der Waals surface area contributed by atoms with Gasteiger partial charge in [-0.05, 0) is 25.0 Å². The van der Waals surface area contributed by atoms with Gasteiger partial charge in [0, 0.05) is 39.1 Å². The maximum Gasteiger partial charge on any atom is 0.216 e. The fraction of sp³-hybridized carbons (Fsp3) is 0.706. The lowest BCUT2D eigenvalue weighted by atomic mass is 10.3. The van der Waals surface area contributed by atoms with Crippen molar-refractivity contribution in [2.75, 3.05) is 32.7 Å². The molecule has 1 aliphatic heterocycles. The van der Waals surface area contributed by atoms with Crippen LogP contribution >= 0.6 is 24.0 Å². The molecule has 9 heteroatoms. The van der Waals surface area contributed by atoms with Gasteiger partial charge in [-0.2, -0.15) is 0 Å². The third-order valence-corrected chi connectivity index (χ3v) is 6.19. The number of aliphatic imine (C=N–C) groups is 1. The van der Waals surface area contributed by atoms with E-state index in [9.17, 15) is 8.42 Å². The van der Waals surface area contributed by atoms with Crippen molar-refractivity contribution in [3.63, 3.8) is 0 Å². The Morgan fingerprint density at radius 2 is 2.23 bits per heavy atom. The van der Waals surface area contributed by atoms with Crippen LogP contribution < -0.4 is 10.0 Å². The van der Waals surface area contributed by atoms with Crippen LogP contribution in [0.5, 0.6) is 0 Å². The molecule has 1 saturated heterocycles. The van der Waals surface area contributed by atoms with Gasteiger partial charge in [0.05, 0.1) is 11.5 Å². The van der Waals surface area contributed by atoms with Gasteiger partial charge in [-0.25, -0.2) is 13.1 Å². The summed E-state index contributed by atoms with van der Waals surface area (Å²) in [4.78, 5) is 6.72. The normalized spacial score (nSPS) is 18.0. The van der Waals surface area contributed by atoms with Crippen molar-refractivity contribution in [2.24, 2.45) is 4.99 Å². The Morgan fingerprint density at radius 3 is 2.88 bits per heavy atom. The van der Waals surface area contributed by atoms with E-state index in [1.165, 1.54) is 0 Å². The summed E-state index contributed by atoms with van der Waals surface area (Å²) in [7, 11) is -3.25. The largest absolute Gasteiger partial charge is 0.469 e. The fourth-order valence-electron chi connectivity index (χ4n) is 2.86. The van der Waals surface area contributed by atoms with E-state index >= 15 is 0 Å². The number of nitrogens with zero attached hydrogens (tertiary/aromatic N) is 2. The third kappa shape index (κ3) is 7.07. The molecule has 1 aromatic rings. The molecule has 7 nitrogen and oxygen atoms in total. The molecule has 1 fully saturated rings. The van der Waals surface area contributed by atoms with E-state index in [2.05, 4.69) is 26.9 Å². The van der Waals surface area contributed by atoms with Crippen LogP contribution in [0.1, 0.15) is 38.9 Å². The van der Waals surface area contributed by atoms with Crippen molar-refractivity contribution in [1.29, 1.82) is 0 Å². The van der Waals surface area contributed by atoms with Gasteiger partial charge in [0.1, 0.15) is 5.76 Å². The lowest BCUT2D eigenvalue weighted by molar-refractivity contribution is 0.478. The number of hydrogen-bond donors (Lipinski definition) is 2. The van der Waals surface area contributed by atoms with Gasteiger partial charge in [0.2, 0.25) is 10.0 Å². The van der Waals surface area contributed by atoms with Crippen LogP contribution in [0.4, 0.5) is 0 Å². The molecule has 1 atom stereocenters. The van der Waals surface area contributed by atoms with Gasteiger partial charge < -0.3 is 14.6 Å². The summed E-state index contributed by atoms with van der Waals surface area (Å²) in [6.07, 6.45) is 5.17. The SMILES string of the molecule is CCCCN=C(NCCc1ccco1)N1CCC(S(=O)(=O)NCC)C1.I. The number of rotatable bonds is 9. The summed E-state index contributed by atoms with van der Waals surface area (Å²) in [5.41, 5.74) is 0. The van der Waals surface area contributed by atoms with E-state index in [4.69, 9.17) is 4.42 Å². The lowest BCUT2D eigenvalue weighted by Gasteiger charge is -2.22. The molecule has 150 valence electrons. The summed E-state index contributed by atoms with van der Waals surface area (Å²) in [5, 5.41) is 2.98. The minimum absolute atomic E-state index is 0. The molecule has 0 spiro atoms. The predicted molar refractivity (Wildman–Crippen MR) is 116 cm³/mol. The molecule has 0 radical (unpaired) electrons. The summed E-state index contributed by atoms with van der Waals surface area (Å²) in [5.74, 6) is 1.73. The van der Waals surface area contributed by atoms with E-state index in [1.54, 1.807) is 13.2 Å². The van der Waals surface area contributed by atoms with Crippen LogP contribution in [0.25, 0.3) is 0 Å². The number of nitrogens with one attached hydrogen (secondary N) is 2. The monoisotopic (exact) mass is 498 g/mol. The molecule has 2 N–H and O–H groups in total. The molecule has 26 heavy (non-hydrogen) atoms. The van der Waals surface area contributed by atoms with Crippen molar-refractivity contribution in [1.82, 2.24) is 14.9 Å². The zero-order valence-electron chi connectivity index (χ0n) is 15.6. The molecule has 0 bridgehead atoms. The van der Waals surface area contributed by atoms with Crippen LogP contribution in [0.15, 0.2) is 27.8 Å². The summed E-state index contributed by atoms with van der Waals surface area (Å²) < 4.78 is 32.4. The molecule has 2 rings (SSSR count). The van der Waals surface area contributed by atoms with Crippen LogP contribution in [0, 0.1) is 0 Å². The first-order chi connectivity index (χ1) is 12.1. The first-order valence-corrected chi connectivity index (χ1v) is 10.7. The standard InChI is InChI=1S/C17H30N4O3S.HI/c1-3-5-10-18-17(19-11-8-15-7-6-13-24-15)21-12-9-16(14-21)25(22,23)20-4-2;/h6-7,13,16,20H,3-5,8-12,14H2,1-2H3,(H,18,19);1H. The lowest BCUT2D eigenvalue weighted by Crippen LogP contribution is -2.43. The summed E-state index contributed by atoms with van der Waals surface area (Å²) in [6.45, 7) is 7.01. The summed E-state index contributed by atoms with van der Waals surface area (Å²) >= 11 is 0. The number of furan rings is 1. The third-order valence-electron chi connectivity index (χ3n) is 4.24. The Balaban J connectivity index is 0.00000338. The smallest absolute Gasteiger partial charge is 0.216 e. The Morgan fingerprint density at radius 1 is 1.42 bits per heavy atom. The number of sulfonamides is 1. The molecule has 1 aromatic heterocycles. The number of unbranched alkanes of at least 4 members (excludes halogenated alkanes) is 1. The second-order valence-corrected chi connectivity index (χ2v) is 8.26. The van der Waals surface area contributed by atoms with Gasteiger partial charge in [0.25, 0.3) is 0 Å². The van der Waals surface area contributed by atoms with Crippen molar-refractivity contribution >= 4 is 40.0 Å².